The van der Waals surface area contributed by atoms with Crippen LogP contribution in [0, 0.1) is 27.7 Å². The second-order valence-corrected chi connectivity index (χ2v) is 7.45. The van der Waals surface area contributed by atoms with Gasteiger partial charge >= 0.3 is 0 Å². The van der Waals surface area contributed by atoms with Gasteiger partial charge < -0.3 is 0 Å². The van der Waals surface area contributed by atoms with Gasteiger partial charge in [-0.25, -0.2) is 17.4 Å². The predicted octanol–water partition coefficient (Wildman–Crippen LogP) is 3.51. The molecule has 22 heavy (non-hydrogen) atoms. The van der Waals surface area contributed by atoms with Crippen LogP contribution >= 0.6 is 0 Å². The third kappa shape index (κ3) is 2.22. The second kappa shape index (κ2) is 4.95. The van der Waals surface area contributed by atoms with Crippen LogP contribution in [0.4, 0.5) is 0 Å². The molecule has 0 atom stereocenters. The Labute approximate surface area is 130 Å². The van der Waals surface area contributed by atoms with Crippen LogP contribution in [0.5, 0.6) is 0 Å². The molecule has 0 unspecified atom stereocenters. The van der Waals surface area contributed by atoms with Crippen LogP contribution in [0.25, 0.3) is 11.0 Å². The minimum absolute atomic E-state index is 0.277. The third-order valence-electron chi connectivity index (χ3n) is 3.95. The highest BCUT2D eigenvalue weighted by molar-refractivity contribution is 7.90. The molecule has 0 amide bonds. The monoisotopic (exact) mass is 314 g/mol. The van der Waals surface area contributed by atoms with Crippen LogP contribution in [-0.2, 0) is 10.0 Å². The van der Waals surface area contributed by atoms with Crippen molar-refractivity contribution in [1.29, 1.82) is 0 Å². The molecule has 0 fully saturated rings. The zero-order chi connectivity index (χ0) is 16.1. The summed E-state index contributed by atoms with van der Waals surface area (Å²) >= 11 is 0. The molecular formula is C17H18N2O2S. The van der Waals surface area contributed by atoms with Crippen molar-refractivity contribution in [2.24, 2.45) is 0 Å². The Morgan fingerprint density at radius 2 is 1.50 bits per heavy atom. The summed E-state index contributed by atoms with van der Waals surface area (Å²) in [6.07, 6.45) is 0. The number of hydrogen-bond donors (Lipinski definition) is 0. The number of imidazole rings is 1. The summed E-state index contributed by atoms with van der Waals surface area (Å²) in [6, 6.07) is 10.7. The number of fused-ring (bicyclic) bond motifs is 1. The Morgan fingerprint density at radius 1 is 0.909 bits per heavy atom. The van der Waals surface area contributed by atoms with E-state index < -0.39 is 10.0 Å². The second-order valence-electron chi connectivity index (χ2n) is 5.67. The summed E-state index contributed by atoms with van der Waals surface area (Å²) in [5, 5.41) is 0. The molecule has 0 N–H and O–H groups in total. The first-order valence-corrected chi connectivity index (χ1v) is 8.53. The minimum atomic E-state index is -3.65. The van der Waals surface area contributed by atoms with Gasteiger partial charge in [-0.2, -0.15) is 0 Å². The number of hydrogen-bond acceptors (Lipinski definition) is 3. The fourth-order valence-corrected chi connectivity index (χ4v) is 4.04. The highest BCUT2D eigenvalue weighted by atomic mass is 32.2. The normalized spacial score (nSPS) is 12.0. The van der Waals surface area contributed by atoms with Crippen molar-refractivity contribution in [1.82, 2.24) is 8.96 Å². The van der Waals surface area contributed by atoms with Gasteiger partial charge in [0.05, 0.1) is 15.9 Å². The summed E-state index contributed by atoms with van der Waals surface area (Å²) in [5.74, 6) is 0.473. The standard InChI is InChI=1S/C17H18N2O2S/c1-11-5-7-15(8-6-11)22(20,21)19-14(4)18-16-9-12(2)13(3)10-17(16)19/h5-10H,1-4H3. The zero-order valence-electron chi connectivity index (χ0n) is 13.1. The molecule has 0 saturated carbocycles. The molecule has 2 aromatic carbocycles. The first kappa shape index (κ1) is 14.8. The Balaban J connectivity index is 2.31. The maximum absolute atomic E-state index is 13.0. The van der Waals surface area contributed by atoms with Gasteiger partial charge in [-0.15, -0.1) is 0 Å². The molecule has 5 heteroatoms. The van der Waals surface area contributed by atoms with Crippen LogP contribution in [0.15, 0.2) is 41.3 Å². The Kier molecular flexibility index (Phi) is 3.33. The van der Waals surface area contributed by atoms with E-state index in [2.05, 4.69) is 4.98 Å². The maximum Gasteiger partial charge on any atom is 0.269 e. The zero-order valence-corrected chi connectivity index (χ0v) is 13.9. The molecule has 0 saturated heterocycles. The predicted molar refractivity (Wildman–Crippen MR) is 87.7 cm³/mol. The number of benzene rings is 2. The lowest BCUT2D eigenvalue weighted by molar-refractivity contribution is 0.587. The van der Waals surface area contributed by atoms with E-state index in [0.717, 1.165) is 16.7 Å². The summed E-state index contributed by atoms with van der Waals surface area (Å²) in [5.41, 5.74) is 4.51. The van der Waals surface area contributed by atoms with Gasteiger partial charge in [0.25, 0.3) is 10.0 Å². The number of aryl methyl sites for hydroxylation is 4. The molecule has 0 radical (unpaired) electrons. The average Bonchev–Trinajstić information content (AvgIpc) is 2.75. The fraction of sp³-hybridized carbons (Fsp3) is 0.235. The largest absolute Gasteiger partial charge is 0.269 e. The van der Waals surface area contributed by atoms with Crippen LogP contribution in [0.1, 0.15) is 22.5 Å². The van der Waals surface area contributed by atoms with Gasteiger partial charge in [0.1, 0.15) is 5.82 Å². The van der Waals surface area contributed by atoms with E-state index in [-0.39, 0.29) is 4.90 Å². The molecule has 0 spiro atoms. The Bertz CT molecular complexity index is 968. The van der Waals surface area contributed by atoms with E-state index in [1.807, 2.05) is 32.9 Å². The topological polar surface area (TPSA) is 52.0 Å². The average molecular weight is 314 g/mol. The van der Waals surface area contributed by atoms with Crippen molar-refractivity contribution in [2.75, 3.05) is 0 Å². The summed E-state index contributed by atoms with van der Waals surface area (Å²) in [7, 11) is -3.65. The van der Waals surface area contributed by atoms with E-state index in [9.17, 15) is 8.42 Å². The van der Waals surface area contributed by atoms with Crippen molar-refractivity contribution in [3.05, 3.63) is 58.9 Å². The maximum atomic E-state index is 13.0. The van der Waals surface area contributed by atoms with Crippen molar-refractivity contribution < 1.29 is 8.42 Å². The van der Waals surface area contributed by atoms with Crippen molar-refractivity contribution in [3.63, 3.8) is 0 Å². The lowest BCUT2D eigenvalue weighted by Gasteiger charge is -2.10. The van der Waals surface area contributed by atoms with Crippen LogP contribution in [0.3, 0.4) is 0 Å². The third-order valence-corrected chi connectivity index (χ3v) is 5.75. The van der Waals surface area contributed by atoms with E-state index in [0.29, 0.717) is 16.9 Å². The van der Waals surface area contributed by atoms with Crippen molar-refractivity contribution in [3.8, 4) is 0 Å². The summed E-state index contributed by atoms with van der Waals surface area (Å²) in [4.78, 5) is 4.68. The molecule has 3 aromatic rings. The smallest absolute Gasteiger partial charge is 0.232 e. The van der Waals surface area contributed by atoms with Gasteiger partial charge in [-0.05, 0) is 63.1 Å². The molecule has 0 aliphatic heterocycles. The lowest BCUT2D eigenvalue weighted by Crippen LogP contribution is -2.14. The minimum Gasteiger partial charge on any atom is -0.232 e. The van der Waals surface area contributed by atoms with Crippen molar-refractivity contribution in [2.45, 2.75) is 32.6 Å². The van der Waals surface area contributed by atoms with Crippen molar-refractivity contribution >= 4 is 21.1 Å². The molecule has 3 rings (SSSR count). The first-order valence-electron chi connectivity index (χ1n) is 7.09. The van der Waals surface area contributed by atoms with E-state index in [1.165, 1.54) is 3.97 Å². The van der Waals surface area contributed by atoms with E-state index in [1.54, 1.807) is 31.2 Å². The highest BCUT2D eigenvalue weighted by Crippen LogP contribution is 2.25. The summed E-state index contributed by atoms with van der Waals surface area (Å²) in [6.45, 7) is 7.62. The van der Waals surface area contributed by atoms with E-state index >= 15 is 0 Å². The van der Waals surface area contributed by atoms with Gasteiger partial charge in [-0.1, -0.05) is 17.7 Å². The number of rotatable bonds is 2. The van der Waals surface area contributed by atoms with Gasteiger partial charge in [0.2, 0.25) is 0 Å². The Morgan fingerprint density at radius 3 is 2.14 bits per heavy atom. The molecule has 0 bridgehead atoms. The molecule has 1 heterocycles. The van der Waals surface area contributed by atoms with Crippen LogP contribution in [-0.4, -0.2) is 17.4 Å². The molecule has 114 valence electrons. The molecule has 0 aliphatic rings. The van der Waals surface area contributed by atoms with Crippen LogP contribution < -0.4 is 0 Å². The molecule has 0 aliphatic carbocycles. The molecular weight excluding hydrogens is 296 g/mol. The van der Waals surface area contributed by atoms with E-state index in [4.69, 9.17) is 0 Å². The number of nitrogens with zero attached hydrogens (tertiary/aromatic N) is 2. The van der Waals surface area contributed by atoms with Gasteiger partial charge in [0, 0.05) is 0 Å². The fourth-order valence-electron chi connectivity index (χ4n) is 2.55. The molecule has 4 nitrogen and oxygen atoms in total. The lowest BCUT2D eigenvalue weighted by atomic mass is 10.1. The quantitative estimate of drug-likeness (QED) is 0.727. The first-order chi connectivity index (χ1) is 10.3. The summed E-state index contributed by atoms with van der Waals surface area (Å²) < 4.78 is 27.3. The highest BCUT2D eigenvalue weighted by Gasteiger charge is 2.22. The van der Waals surface area contributed by atoms with Gasteiger partial charge in [-0.3, -0.25) is 0 Å². The molecule has 1 aromatic heterocycles. The SMILES string of the molecule is Cc1ccc(S(=O)(=O)n2c(C)nc3cc(C)c(C)cc32)cc1. The van der Waals surface area contributed by atoms with Gasteiger partial charge in [0.15, 0.2) is 0 Å². The van der Waals surface area contributed by atoms with Crippen LogP contribution in [0.2, 0.25) is 0 Å². The Hall–Kier alpha value is -2.14. The number of aromatic nitrogens is 2.